The van der Waals surface area contributed by atoms with Crippen molar-refractivity contribution in [3.05, 3.63) is 240 Å². The molecular formula is C67H45N3O2S. The Balaban J connectivity index is 0.803. The van der Waals surface area contributed by atoms with Crippen LogP contribution >= 0.6 is 11.3 Å². The number of thiophene rings is 1. The molecule has 4 aromatic heterocycles. The van der Waals surface area contributed by atoms with Crippen LogP contribution in [-0.4, -0.2) is 15.0 Å². The van der Waals surface area contributed by atoms with Gasteiger partial charge in [-0.3, -0.25) is 0 Å². The molecule has 346 valence electrons. The van der Waals surface area contributed by atoms with Gasteiger partial charge < -0.3 is 8.83 Å². The number of hydrogen-bond acceptors (Lipinski definition) is 6. The van der Waals surface area contributed by atoms with Crippen LogP contribution in [0, 0.1) is 5.92 Å². The van der Waals surface area contributed by atoms with Crippen molar-refractivity contribution in [3.63, 3.8) is 0 Å². The number of fused-ring (bicyclic) bond motifs is 12. The monoisotopic (exact) mass is 955 g/mol. The number of aryl methyl sites for hydroxylation is 1. The molecule has 73 heavy (non-hydrogen) atoms. The average molecular weight is 956 g/mol. The molecule has 0 amide bonds. The van der Waals surface area contributed by atoms with Crippen molar-refractivity contribution < 1.29 is 8.83 Å². The minimum absolute atomic E-state index is 0.284. The molecule has 2 unspecified atom stereocenters. The van der Waals surface area contributed by atoms with Crippen LogP contribution < -0.4 is 0 Å². The van der Waals surface area contributed by atoms with E-state index in [1.165, 1.54) is 59.1 Å². The Labute approximate surface area is 425 Å². The van der Waals surface area contributed by atoms with Gasteiger partial charge in [0, 0.05) is 69.9 Å². The molecule has 2 aliphatic carbocycles. The van der Waals surface area contributed by atoms with Crippen molar-refractivity contribution in [2.45, 2.75) is 31.6 Å². The maximum Gasteiger partial charge on any atom is 0.165 e. The van der Waals surface area contributed by atoms with E-state index >= 15 is 0 Å². The molecule has 0 saturated heterocycles. The van der Waals surface area contributed by atoms with E-state index in [1.807, 2.05) is 30.3 Å². The number of hydrogen-bond donors (Lipinski definition) is 0. The number of allylic oxidation sites excluding steroid dienone is 4. The maximum atomic E-state index is 6.66. The van der Waals surface area contributed by atoms with E-state index in [0.29, 0.717) is 23.4 Å². The van der Waals surface area contributed by atoms with Gasteiger partial charge in [0.25, 0.3) is 0 Å². The lowest BCUT2D eigenvalue weighted by Gasteiger charge is -2.30. The molecule has 0 fully saturated rings. The summed E-state index contributed by atoms with van der Waals surface area (Å²) in [6.07, 6.45) is 8.96. The largest absolute Gasteiger partial charge is 0.456 e. The van der Waals surface area contributed by atoms with Crippen LogP contribution in [0.4, 0.5) is 0 Å². The van der Waals surface area contributed by atoms with Crippen molar-refractivity contribution in [1.82, 2.24) is 15.0 Å². The zero-order valence-electron chi connectivity index (χ0n) is 39.8. The van der Waals surface area contributed by atoms with Crippen LogP contribution in [0.2, 0.25) is 0 Å². The number of furan rings is 2. The first-order valence-corrected chi connectivity index (χ1v) is 26.1. The van der Waals surface area contributed by atoms with Crippen molar-refractivity contribution >= 4 is 81.0 Å². The lowest BCUT2D eigenvalue weighted by atomic mass is 9.74. The molecule has 5 nitrogen and oxygen atoms in total. The fourth-order valence-corrected chi connectivity index (χ4v) is 13.2. The van der Waals surface area contributed by atoms with E-state index in [4.69, 9.17) is 23.8 Å². The second-order valence-corrected chi connectivity index (χ2v) is 20.7. The molecule has 9 aromatic carbocycles. The third-order valence-electron chi connectivity index (χ3n) is 15.5. The van der Waals surface area contributed by atoms with E-state index in [-0.39, 0.29) is 5.92 Å². The third-order valence-corrected chi connectivity index (χ3v) is 16.8. The highest BCUT2D eigenvalue weighted by Gasteiger charge is 2.32. The predicted molar refractivity (Wildman–Crippen MR) is 301 cm³/mol. The summed E-state index contributed by atoms with van der Waals surface area (Å²) in [6, 6.07) is 71.4. The van der Waals surface area contributed by atoms with Crippen molar-refractivity contribution in [1.29, 1.82) is 0 Å². The average Bonchev–Trinajstić information content (AvgIpc) is 4.13. The van der Waals surface area contributed by atoms with Crippen LogP contribution in [0.15, 0.2) is 227 Å². The zero-order valence-corrected chi connectivity index (χ0v) is 40.6. The van der Waals surface area contributed by atoms with Gasteiger partial charge in [0.15, 0.2) is 17.5 Å². The van der Waals surface area contributed by atoms with Crippen LogP contribution in [0.1, 0.15) is 41.0 Å². The summed E-state index contributed by atoms with van der Waals surface area (Å²) < 4.78 is 15.5. The molecule has 0 radical (unpaired) electrons. The minimum Gasteiger partial charge on any atom is -0.456 e. The smallest absolute Gasteiger partial charge is 0.165 e. The summed E-state index contributed by atoms with van der Waals surface area (Å²) in [6.45, 7) is 0. The summed E-state index contributed by atoms with van der Waals surface area (Å²) in [5.74, 6) is 2.60. The summed E-state index contributed by atoms with van der Waals surface area (Å²) >= 11 is 1.78. The lowest BCUT2D eigenvalue weighted by molar-refractivity contribution is 0.534. The SMILES string of the molecule is C1=C(c2ccc3oc4cccc(-c5nc(-c6ccccc6)nc(-c6cccc7c6sc6ccccc67)n5)c4c3c2)CC2C(=C1)C(Cc1ccc(-c3cccc4c3oc3ccccc34)cc1)CCc1ccccc12. The van der Waals surface area contributed by atoms with Crippen LogP contribution in [-0.2, 0) is 12.8 Å². The van der Waals surface area contributed by atoms with Crippen LogP contribution in [0.3, 0.4) is 0 Å². The Morgan fingerprint density at radius 1 is 0.479 bits per heavy atom. The molecule has 0 saturated carbocycles. The summed E-state index contributed by atoms with van der Waals surface area (Å²) in [5, 5.41) is 6.81. The molecule has 0 N–H and O–H groups in total. The molecule has 2 atom stereocenters. The van der Waals surface area contributed by atoms with Gasteiger partial charge in [-0.1, -0.05) is 182 Å². The Morgan fingerprint density at radius 2 is 1.16 bits per heavy atom. The van der Waals surface area contributed by atoms with Gasteiger partial charge in [-0.2, -0.15) is 0 Å². The Hall–Kier alpha value is -8.71. The molecule has 0 aliphatic heterocycles. The van der Waals surface area contributed by atoms with Gasteiger partial charge in [-0.25, -0.2) is 15.0 Å². The van der Waals surface area contributed by atoms with Crippen LogP contribution in [0.25, 0.3) is 115 Å². The number of aromatic nitrogens is 3. The van der Waals surface area contributed by atoms with Gasteiger partial charge in [0.1, 0.15) is 22.3 Å². The lowest BCUT2D eigenvalue weighted by Crippen LogP contribution is -2.16. The topological polar surface area (TPSA) is 65.0 Å². The third kappa shape index (κ3) is 7.08. The number of benzene rings is 9. The fraction of sp³-hybridized carbons (Fsp3) is 0.0896. The zero-order chi connectivity index (χ0) is 48.0. The van der Waals surface area contributed by atoms with Crippen LogP contribution in [0.5, 0.6) is 0 Å². The van der Waals surface area contributed by atoms with Gasteiger partial charge in [-0.05, 0) is 101 Å². The second kappa shape index (κ2) is 17.0. The highest BCUT2D eigenvalue weighted by Crippen LogP contribution is 2.48. The first-order chi connectivity index (χ1) is 36.1. The first kappa shape index (κ1) is 42.0. The van der Waals surface area contributed by atoms with Crippen molar-refractivity contribution in [2.75, 3.05) is 0 Å². The van der Waals surface area contributed by atoms with Gasteiger partial charge >= 0.3 is 0 Å². The number of rotatable bonds is 7. The standard InChI is InChI=1S/C67H45N3O2S/c1-2-14-43(15-3-1)65-68-66(70-67(69-65)55-23-11-21-53-51-18-7-9-26-61(51)73-64(53)55)54-22-12-25-60-62(54)57-39-45(34-36-59(57)71-60)44-33-35-48-46(32-31-41-13-4-5-16-47(41)56(48)38-44)37-40-27-29-42(30-28-40)49-19-10-20-52-50-17-6-8-24-58(50)72-63(49)52/h1-30,33-36,39,46,56H,31-32,37-38H2. The van der Waals surface area contributed by atoms with Gasteiger partial charge in [0.05, 0.1) is 0 Å². The second-order valence-electron chi connectivity index (χ2n) is 19.7. The minimum atomic E-state index is 0.284. The number of para-hydroxylation sites is 2. The predicted octanol–water partition coefficient (Wildman–Crippen LogP) is 18.0. The molecule has 13 aromatic rings. The van der Waals surface area contributed by atoms with E-state index in [9.17, 15) is 0 Å². The van der Waals surface area contributed by atoms with E-state index in [1.54, 1.807) is 11.3 Å². The van der Waals surface area contributed by atoms with E-state index in [2.05, 4.69) is 182 Å². The van der Waals surface area contributed by atoms with E-state index < -0.39 is 0 Å². The van der Waals surface area contributed by atoms with Gasteiger partial charge in [-0.15, -0.1) is 11.3 Å². The number of nitrogens with zero attached hydrogens (tertiary/aromatic N) is 3. The fourth-order valence-electron chi connectivity index (χ4n) is 12.0. The normalized spacial score (nSPS) is 15.7. The summed E-state index contributed by atoms with van der Waals surface area (Å²) in [4.78, 5) is 15.8. The van der Waals surface area contributed by atoms with Crippen molar-refractivity contribution in [2.24, 2.45) is 5.92 Å². The summed E-state index contributed by atoms with van der Waals surface area (Å²) in [5.41, 5.74) is 17.0. The van der Waals surface area contributed by atoms with Crippen molar-refractivity contribution in [3.8, 4) is 45.3 Å². The maximum absolute atomic E-state index is 6.66. The Bertz CT molecular complexity index is 4400. The van der Waals surface area contributed by atoms with Gasteiger partial charge in [0.2, 0.25) is 0 Å². The molecule has 2 aliphatic rings. The summed E-state index contributed by atoms with van der Waals surface area (Å²) in [7, 11) is 0. The Morgan fingerprint density at radius 3 is 2.07 bits per heavy atom. The Kier molecular flexibility index (Phi) is 9.77. The molecule has 6 heteroatoms. The highest BCUT2D eigenvalue weighted by molar-refractivity contribution is 7.26. The quantitative estimate of drug-likeness (QED) is 0.159. The van der Waals surface area contributed by atoms with E-state index in [0.717, 1.165) is 91.8 Å². The molecular weight excluding hydrogens is 911 g/mol. The molecule has 0 spiro atoms. The molecule has 4 heterocycles. The molecule has 15 rings (SSSR count). The highest BCUT2D eigenvalue weighted by atomic mass is 32.1. The first-order valence-electron chi connectivity index (χ1n) is 25.3. The molecule has 0 bridgehead atoms.